The summed E-state index contributed by atoms with van der Waals surface area (Å²) >= 11 is 0. The maximum atomic E-state index is 12.3. The zero-order valence-corrected chi connectivity index (χ0v) is 13.7. The fourth-order valence-electron chi connectivity index (χ4n) is 2.95. The number of anilines is 1. The SMILES string of the molecule is COc1ccccc1-c1ccc(=O)n(C2CN(c3ccncn3)C2)n1. The van der Waals surface area contributed by atoms with Crippen LogP contribution < -0.4 is 15.2 Å². The number of ether oxygens (including phenoxy) is 1. The molecule has 126 valence electrons. The van der Waals surface area contributed by atoms with Crippen molar-refractivity contribution in [1.82, 2.24) is 19.7 Å². The van der Waals surface area contributed by atoms with Gasteiger partial charge in [0, 0.05) is 30.9 Å². The number of aromatic nitrogens is 4. The lowest BCUT2D eigenvalue weighted by Crippen LogP contribution is -2.51. The molecule has 0 spiro atoms. The maximum Gasteiger partial charge on any atom is 0.267 e. The second-order valence-electron chi connectivity index (χ2n) is 5.83. The molecule has 0 amide bonds. The third-order valence-electron chi connectivity index (χ3n) is 4.31. The van der Waals surface area contributed by atoms with Crippen molar-refractivity contribution in [3.05, 3.63) is 65.3 Å². The van der Waals surface area contributed by atoms with Gasteiger partial charge in [0.15, 0.2) is 0 Å². The molecule has 3 aromatic rings. The molecule has 1 aliphatic heterocycles. The molecule has 0 aliphatic carbocycles. The summed E-state index contributed by atoms with van der Waals surface area (Å²) in [6.45, 7) is 1.39. The molecule has 4 rings (SSSR count). The van der Waals surface area contributed by atoms with Gasteiger partial charge in [-0.25, -0.2) is 14.6 Å². The van der Waals surface area contributed by atoms with Crippen molar-refractivity contribution >= 4 is 5.82 Å². The van der Waals surface area contributed by atoms with Crippen molar-refractivity contribution in [1.29, 1.82) is 0 Å². The molecule has 0 N–H and O–H groups in total. The Labute approximate surface area is 144 Å². The summed E-state index contributed by atoms with van der Waals surface area (Å²) in [6.07, 6.45) is 3.23. The molecule has 2 aromatic heterocycles. The lowest BCUT2D eigenvalue weighted by atomic mass is 10.1. The molecule has 1 fully saturated rings. The van der Waals surface area contributed by atoms with Crippen LogP contribution in [0.5, 0.6) is 5.75 Å². The number of hydrogen-bond acceptors (Lipinski definition) is 6. The molecule has 1 aliphatic rings. The summed E-state index contributed by atoms with van der Waals surface area (Å²) in [5, 5.41) is 4.57. The Kier molecular flexibility index (Phi) is 3.89. The van der Waals surface area contributed by atoms with Crippen molar-refractivity contribution in [3.63, 3.8) is 0 Å². The highest BCUT2D eigenvalue weighted by Gasteiger charge is 2.30. The molecule has 0 atom stereocenters. The Morgan fingerprint density at radius 3 is 2.72 bits per heavy atom. The number of methoxy groups -OCH3 is 1. The Balaban J connectivity index is 1.61. The van der Waals surface area contributed by atoms with Crippen molar-refractivity contribution in [2.24, 2.45) is 0 Å². The van der Waals surface area contributed by atoms with Gasteiger partial charge in [-0.15, -0.1) is 0 Å². The minimum atomic E-state index is -0.106. The average molecular weight is 335 g/mol. The molecule has 0 saturated carbocycles. The van der Waals surface area contributed by atoms with E-state index in [-0.39, 0.29) is 11.6 Å². The monoisotopic (exact) mass is 335 g/mol. The normalized spacial score (nSPS) is 14.2. The van der Waals surface area contributed by atoms with E-state index in [1.165, 1.54) is 6.33 Å². The van der Waals surface area contributed by atoms with E-state index in [0.717, 1.165) is 22.8 Å². The fourth-order valence-corrected chi connectivity index (χ4v) is 2.95. The molecule has 1 aromatic carbocycles. The number of benzene rings is 1. The average Bonchev–Trinajstić information content (AvgIpc) is 2.63. The van der Waals surface area contributed by atoms with Gasteiger partial charge in [0.2, 0.25) is 0 Å². The predicted molar refractivity (Wildman–Crippen MR) is 93.8 cm³/mol. The summed E-state index contributed by atoms with van der Waals surface area (Å²) in [6, 6.07) is 12.8. The van der Waals surface area contributed by atoms with Crippen LogP contribution in [0, 0.1) is 0 Å². The van der Waals surface area contributed by atoms with Crippen LogP contribution in [0.25, 0.3) is 11.3 Å². The standard InChI is InChI=1S/C18H17N5O2/c1-25-16-5-3-2-4-14(16)15-6-7-18(24)23(21-15)13-10-22(11-13)17-8-9-19-12-20-17/h2-9,12-13H,10-11H2,1H3. The van der Waals surface area contributed by atoms with Gasteiger partial charge in [-0.1, -0.05) is 12.1 Å². The minimum Gasteiger partial charge on any atom is -0.496 e. The number of rotatable bonds is 4. The number of para-hydroxylation sites is 1. The largest absolute Gasteiger partial charge is 0.496 e. The molecule has 0 bridgehead atoms. The Morgan fingerprint density at radius 1 is 1.12 bits per heavy atom. The molecular formula is C18H17N5O2. The van der Waals surface area contributed by atoms with Crippen LogP contribution in [0.2, 0.25) is 0 Å². The fraction of sp³-hybridized carbons (Fsp3) is 0.222. The van der Waals surface area contributed by atoms with E-state index >= 15 is 0 Å². The third kappa shape index (κ3) is 2.84. The predicted octanol–water partition coefficient (Wildman–Crippen LogP) is 1.77. The Hall–Kier alpha value is -3.22. The quantitative estimate of drug-likeness (QED) is 0.723. The van der Waals surface area contributed by atoms with Gasteiger partial charge >= 0.3 is 0 Å². The molecule has 1 saturated heterocycles. The highest BCUT2D eigenvalue weighted by Crippen LogP contribution is 2.29. The molecule has 7 nitrogen and oxygen atoms in total. The number of hydrogen-bond donors (Lipinski definition) is 0. The van der Waals surface area contributed by atoms with Crippen LogP contribution >= 0.6 is 0 Å². The zero-order valence-electron chi connectivity index (χ0n) is 13.7. The van der Waals surface area contributed by atoms with Crippen molar-refractivity contribution in [2.75, 3.05) is 25.1 Å². The van der Waals surface area contributed by atoms with Crippen LogP contribution in [-0.2, 0) is 0 Å². The van der Waals surface area contributed by atoms with Gasteiger partial charge in [0.05, 0.1) is 18.8 Å². The first-order valence-electron chi connectivity index (χ1n) is 8.00. The summed E-state index contributed by atoms with van der Waals surface area (Å²) in [4.78, 5) is 22.5. The zero-order chi connectivity index (χ0) is 17.2. The molecule has 7 heteroatoms. The molecule has 0 radical (unpaired) electrons. The van der Waals surface area contributed by atoms with E-state index in [4.69, 9.17) is 4.74 Å². The van der Waals surface area contributed by atoms with Gasteiger partial charge in [0.1, 0.15) is 17.9 Å². The smallest absolute Gasteiger partial charge is 0.267 e. The van der Waals surface area contributed by atoms with Crippen molar-refractivity contribution < 1.29 is 4.74 Å². The second kappa shape index (κ2) is 6.35. The van der Waals surface area contributed by atoms with Gasteiger partial charge in [-0.2, -0.15) is 5.10 Å². The minimum absolute atomic E-state index is 0.0251. The van der Waals surface area contributed by atoms with E-state index < -0.39 is 0 Å². The third-order valence-corrected chi connectivity index (χ3v) is 4.31. The first kappa shape index (κ1) is 15.3. The highest BCUT2D eigenvalue weighted by atomic mass is 16.5. The summed E-state index contributed by atoms with van der Waals surface area (Å²) in [5.41, 5.74) is 1.48. The Morgan fingerprint density at radius 2 is 1.96 bits per heavy atom. The van der Waals surface area contributed by atoms with Gasteiger partial charge in [-0.05, 0) is 24.3 Å². The van der Waals surface area contributed by atoms with Crippen LogP contribution in [0.15, 0.2) is 59.8 Å². The van der Waals surface area contributed by atoms with Gasteiger partial charge in [0.25, 0.3) is 5.56 Å². The lowest BCUT2D eigenvalue weighted by Gasteiger charge is -2.40. The Bertz CT molecular complexity index is 935. The number of nitrogens with zero attached hydrogens (tertiary/aromatic N) is 5. The van der Waals surface area contributed by atoms with Gasteiger partial charge in [-0.3, -0.25) is 4.79 Å². The lowest BCUT2D eigenvalue weighted by molar-refractivity contribution is 0.352. The molecule has 25 heavy (non-hydrogen) atoms. The topological polar surface area (TPSA) is 73.1 Å². The first-order valence-corrected chi connectivity index (χ1v) is 8.00. The van der Waals surface area contributed by atoms with E-state index in [1.54, 1.807) is 30.1 Å². The van der Waals surface area contributed by atoms with E-state index in [9.17, 15) is 4.79 Å². The summed E-state index contributed by atoms with van der Waals surface area (Å²) in [7, 11) is 1.63. The van der Waals surface area contributed by atoms with E-state index in [1.807, 2.05) is 30.3 Å². The van der Waals surface area contributed by atoms with Crippen LogP contribution in [0.1, 0.15) is 6.04 Å². The highest BCUT2D eigenvalue weighted by molar-refractivity contribution is 5.66. The van der Waals surface area contributed by atoms with Crippen LogP contribution in [0.3, 0.4) is 0 Å². The van der Waals surface area contributed by atoms with Crippen LogP contribution in [0.4, 0.5) is 5.82 Å². The van der Waals surface area contributed by atoms with Gasteiger partial charge < -0.3 is 9.64 Å². The second-order valence-corrected chi connectivity index (χ2v) is 5.83. The molecular weight excluding hydrogens is 318 g/mol. The summed E-state index contributed by atoms with van der Waals surface area (Å²) < 4.78 is 6.95. The first-order chi connectivity index (χ1) is 12.3. The van der Waals surface area contributed by atoms with E-state index in [2.05, 4.69) is 20.0 Å². The van der Waals surface area contributed by atoms with Crippen LogP contribution in [-0.4, -0.2) is 39.9 Å². The van der Waals surface area contributed by atoms with E-state index in [0.29, 0.717) is 13.1 Å². The maximum absolute atomic E-state index is 12.3. The molecule has 3 heterocycles. The van der Waals surface area contributed by atoms with Crippen molar-refractivity contribution in [3.8, 4) is 17.0 Å². The summed E-state index contributed by atoms with van der Waals surface area (Å²) in [5.74, 6) is 1.59. The van der Waals surface area contributed by atoms with Crippen molar-refractivity contribution in [2.45, 2.75) is 6.04 Å². The molecule has 0 unspecified atom stereocenters.